The molecule has 2 fully saturated rings. The van der Waals surface area contributed by atoms with Crippen LogP contribution in [-0.4, -0.2) is 59.6 Å². The van der Waals surface area contributed by atoms with Crippen LogP contribution in [0.3, 0.4) is 0 Å². The predicted octanol–water partition coefficient (Wildman–Crippen LogP) is 5.95. The molecule has 4 bridgehead atoms. The molecule has 42 heavy (non-hydrogen) atoms. The molecule has 3 heterocycles. The van der Waals surface area contributed by atoms with Gasteiger partial charge >= 0.3 is 11.9 Å². The van der Waals surface area contributed by atoms with Crippen LogP contribution in [0.5, 0.6) is 5.88 Å². The summed E-state index contributed by atoms with van der Waals surface area (Å²) in [5, 5.41) is 1.98. The van der Waals surface area contributed by atoms with Gasteiger partial charge in [0, 0.05) is 18.0 Å². The number of hydrogen-bond donors (Lipinski definition) is 0. The van der Waals surface area contributed by atoms with E-state index in [0.29, 0.717) is 18.9 Å². The summed E-state index contributed by atoms with van der Waals surface area (Å²) in [6.45, 7) is 8.92. The fourth-order valence-corrected chi connectivity index (χ4v) is 7.01. The summed E-state index contributed by atoms with van der Waals surface area (Å²) >= 11 is 0. The van der Waals surface area contributed by atoms with Crippen molar-refractivity contribution in [3.63, 3.8) is 0 Å². The minimum atomic E-state index is -0.765. The molecule has 1 amide bonds. The van der Waals surface area contributed by atoms with Gasteiger partial charge in [-0.2, -0.15) is 0 Å². The van der Waals surface area contributed by atoms with Gasteiger partial charge in [-0.25, -0.2) is 9.78 Å². The van der Waals surface area contributed by atoms with Gasteiger partial charge in [-0.1, -0.05) is 39.2 Å². The Morgan fingerprint density at radius 2 is 1.93 bits per heavy atom. The molecule has 228 valence electrons. The minimum Gasteiger partial charge on any atom is -0.472 e. The van der Waals surface area contributed by atoms with Gasteiger partial charge in [0.1, 0.15) is 12.1 Å². The van der Waals surface area contributed by atoms with Gasteiger partial charge in [-0.05, 0) is 85.9 Å². The van der Waals surface area contributed by atoms with Gasteiger partial charge in [0.2, 0.25) is 11.8 Å². The van der Waals surface area contributed by atoms with Crippen LogP contribution >= 0.6 is 0 Å². The normalized spacial score (nSPS) is 25.9. The first-order chi connectivity index (χ1) is 20.1. The van der Waals surface area contributed by atoms with Crippen LogP contribution in [0.1, 0.15) is 89.7 Å². The average Bonchev–Trinajstić information content (AvgIpc) is 3.39. The number of carbonyl (C=O) groups is 3. The molecule has 0 N–H and O–H groups in total. The third-order valence-electron chi connectivity index (χ3n) is 9.41. The van der Waals surface area contributed by atoms with Gasteiger partial charge in [0.15, 0.2) is 0 Å². The van der Waals surface area contributed by atoms with Gasteiger partial charge in [-0.15, -0.1) is 0 Å². The van der Waals surface area contributed by atoms with Crippen molar-refractivity contribution in [2.75, 3.05) is 19.8 Å². The molecule has 2 aliphatic heterocycles. The van der Waals surface area contributed by atoms with E-state index in [1.807, 2.05) is 6.07 Å². The zero-order chi connectivity index (χ0) is 29.9. The molecule has 1 aromatic heterocycles. The second-order valence-corrected chi connectivity index (χ2v) is 13.2. The van der Waals surface area contributed by atoms with Crippen molar-refractivity contribution in [1.82, 2.24) is 9.88 Å². The number of esters is 2. The van der Waals surface area contributed by atoms with E-state index in [1.54, 1.807) is 18.0 Å². The highest BCUT2D eigenvalue weighted by Crippen LogP contribution is 2.37. The summed E-state index contributed by atoms with van der Waals surface area (Å²) in [6.07, 6.45) is 9.43. The second-order valence-electron chi connectivity index (χ2n) is 13.2. The fourth-order valence-electron chi connectivity index (χ4n) is 7.01. The molecule has 1 aromatic carbocycles. The van der Waals surface area contributed by atoms with E-state index >= 15 is 0 Å². The van der Waals surface area contributed by atoms with E-state index in [2.05, 4.69) is 37.9 Å². The van der Waals surface area contributed by atoms with Crippen LogP contribution in [0.4, 0.5) is 0 Å². The van der Waals surface area contributed by atoms with Crippen molar-refractivity contribution in [3.8, 4) is 5.88 Å². The standard InChI is InChI=1S/C34H46N2O6/c1-5-40-33(39)29-18-26-20-36(29)32(38)28(23-10-7-6-8-11-23)19-30(37)41-21-34(3,4)14-9-12-24-17-27-25(16-22(24)2)13-15-35-31(27)42-26/h13,15-17,23,26,28-29H,5-12,14,18-21H2,1-4H3/t26-,28+,29+/m1/s1. The Bertz CT molecular complexity index is 1300. The van der Waals surface area contributed by atoms with E-state index in [1.165, 1.54) is 11.1 Å². The largest absolute Gasteiger partial charge is 0.472 e. The van der Waals surface area contributed by atoms with E-state index in [0.717, 1.165) is 62.1 Å². The smallest absolute Gasteiger partial charge is 0.328 e. The zero-order valence-corrected chi connectivity index (χ0v) is 25.7. The van der Waals surface area contributed by atoms with Crippen molar-refractivity contribution >= 4 is 28.6 Å². The van der Waals surface area contributed by atoms with Crippen molar-refractivity contribution < 1.29 is 28.6 Å². The maximum Gasteiger partial charge on any atom is 0.328 e. The molecule has 3 atom stereocenters. The number of aryl methyl sites for hydroxylation is 2. The Hall–Kier alpha value is -3.16. The van der Waals surface area contributed by atoms with Gasteiger partial charge < -0.3 is 19.1 Å². The first-order valence-corrected chi connectivity index (χ1v) is 15.8. The highest BCUT2D eigenvalue weighted by Gasteiger charge is 2.46. The number of fused-ring (bicyclic) bond motifs is 3. The summed E-state index contributed by atoms with van der Waals surface area (Å²) in [5.41, 5.74) is 2.26. The van der Waals surface area contributed by atoms with E-state index in [-0.39, 0.29) is 42.8 Å². The first kappa shape index (κ1) is 30.3. The number of carbonyl (C=O) groups excluding carboxylic acids is 3. The average molecular weight is 579 g/mol. The minimum absolute atomic E-state index is 0.0295. The number of benzene rings is 1. The summed E-state index contributed by atoms with van der Waals surface area (Å²) < 4.78 is 17.7. The molecule has 8 nitrogen and oxygen atoms in total. The molecular formula is C34H46N2O6. The summed E-state index contributed by atoms with van der Waals surface area (Å²) in [5.74, 6) is -0.874. The number of ether oxygens (including phenoxy) is 3. The maximum atomic E-state index is 14.3. The van der Waals surface area contributed by atoms with Crippen LogP contribution < -0.4 is 4.74 Å². The van der Waals surface area contributed by atoms with Gasteiger partial charge in [-0.3, -0.25) is 9.59 Å². The molecule has 1 saturated heterocycles. The van der Waals surface area contributed by atoms with Crippen LogP contribution in [0.15, 0.2) is 24.4 Å². The molecule has 2 aromatic rings. The summed E-state index contributed by atoms with van der Waals surface area (Å²) in [7, 11) is 0. The quantitative estimate of drug-likeness (QED) is 0.416. The summed E-state index contributed by atoms with van der Waals surface area (Å²) in [6, 6.07) is 5.57. The third kappa shape index (κ3) is 6.90. The lowest BCUT2D eigenvalue weighted by atomic mass is 9.77. The van der Waals surface area contributed by atoms with Gasteiger partial charge in [0.25, 0.3) is 0 Å². The first-order valence-electron chi connectivity index (χ1n) is 15.8. The van der Waals surface area contributed by atoms with Crippen molar-refractivity contribution in [2.24, 2.45) is 17.3 Å². The highest BCUT2D eigenvalue weighted by atomic mass is 16.5. The lowest BCUT2D eigenvalue weighted by Gasteiger charge is -2.33. The van der Waals surface area contributed by atoms with E-state index in [4.69, 9.17) is 14.2 Å². The Labute approximate surface area is 249 Å². The molecule has 0 radical (unpaired) electrons. The number of amides is 1. The van der Waals surface area contributed by atoms with Crippen LogP contribution in [0, 0.1) is 24.2 Å². The summed E-state index contributed by atoms with van der Waals surface area (Å²) in [4.78, 5) is 46.9. The number of pyridine rings is 1. The lowest BCUT2D eigenvalue weighted by Crippen LogP contribution is -2.47. The number of aromatic nitrogens is 1. The fraction of sp³-hybridized carbons (Fsp3) is 0.647. The number of nitrogens with zero attached hydrogens (tertiary/aromatic N) is 2. The van der Waals surface area contributed by atoms with Crippen LogP contribution in [-0.2, 0) is 30.3 Å². The van der Waals surface area contributed by atoms with Gasteiger partial charge in [0.05, 0.1) is 32.1 Å². The number of rotatable bonds is 3. The monoisotopic (exact) mass is 578 g/mol. The molecule has 0 unspecified atom stereocenters. The van der Waals surface area contributed by atoms with E-state index < -0.39 is 24.0 Å². The molecular weight excluding hydrogens is 532 g/mol. The lowest BCUT2D eigenvalue weighted by molar-refractivity contribution is -0.157. The number of hydrogen-bond acceptors (Lipinski definition) is 7. The Kier molecular flexibility index (Phi) is 9.38. The number of cyclic esters (lactones) is 1. The second kappa shape index (κ2) is 13.0. The van der Waals surface area contributed by atoms with Crippen LogP contribution in [0.25, 0.3) is 10.8 Å². The van der Waals surface area contributed by atoms with Crippen molar-refractivity contribution in [2.45, 2.75) is 104 Å². The van der Waals surface area contributed by atoms with Crippen LogP contribution in [0.2, 0.25) is 0 Å². The Morgan fingerprint density at radius 3 is 2.69 bits per heavy atom. The maximum absolute atomic E-state index is 14.3. The molecule has 3 aliphatic rings. The Morgan fingerprint density at radius 1 is 1.14 bits per heavy atom. The Balaban J connectivity index is 1.52. The molecule has 1 aliphatic carbocycles. The molecule has 5 rings (SSSR count). The molecule has 8 heteroatoms. The zero-order valence-electron chi connectivity index (χ0n) is 25.7. The van der Waals surface area contributed by atoms with Crippen molar-refractivity contribution in [3.05, 3.63) is 35.5 Å². The van der Waals surface area contributed by atoms with Crippen molar-refractivity contribution in [1.29, 1.82) is 0 Å². The predicted molar refractivity (Wildman–Crippen MR) is 160 cm³/mol. The highest BCUT2D eigenvalue weighted by molar-refractivity contribution is 5.90. The third-order valence-corrected chi connectivity index (χ3v) is 9.41. The molecule has 1 saturated carbocycles. The topological polar surface area (TPSA) is 95.0 Å². The van der Waals surface area contributed by atoms with E-state index in [9.17, 15) is 14.4 Å². The SMILES string of the molecule is CCOC(=O)[C@@H]1C[C@@H]2CN1C(=O)[C@H](C1CCCCC1)CC(=O)OCC(C)(C)CCCc1cc3c(nccc3cc1C)O2. The molecule has 0 spiro atoms.